The van der Waals surface area contributed by atoms with Gasteiger partial charge in [-0.3, -0.25) is 9.59 Å². The molecule has 1 aliphatic rings. The number of hydrogen-bond donors (Lipinski definition) is 1. The largest absolute Gasteiger partial charge is 0.495 e. The number of ether oxygens (including phenoxy) is 1. The van der Waals surface area contributed by atoms with Crippen LogP contribution in [0, 0.1) is 6.92 Å². The summed E-state index contributed by atoms with van der Waals surface area (Å²) < 4.78 is 33.6. The number of nitrogens with one attached hydrogen (secondary N) is 1. The van der Waals surface area contributed by atoms with E-state index in [-0.39, 0.29) is 41.0 Å². The van der Waals surface area contributed by atoms with Crippen LogP contribution >= 0.6 is 0 Å². The Morgan fingerprint density at radius 3 is 2.21 bits per heavy atom. The van der Waals surface area contributed by atoms with Gasteiger partial charge in [0, 0.05) is 18.9 Å². The molecule has 0 aromatic heterocycles. The van der Waals surface area contributed by atoms with Crippen LogP contribution in [0.1, 0.15) is 36.9 Å². The van der Waals surface area contributed by atoms with E-state index in [4.69, 9.17) is 4.74 Å². The van der Waals surface area contributed by atoms with Crippen LogP contribution in [0.5, 0.6) is 5.75 Å². The molecule has 7 nitrogen and oxygen atoms in total. The first-order valence-electron chi connectivity index (χ1n) is 8.85. The Morgan fingerprint density at radius 2 is 1.64 bits per heavy atom. The summed E-state index contributed by atoms with van der Waals surface area (Å²) >= 11 is 0. The van der Waals surface area contributed by atoms with Gasteiger partial charge in [-0.2, -0.15) is 0 Å². The molecule has 0 aliphatic carbocycles. The Kier molecular flexibility index (Phi) is 5.53. The van der Waals surface area contributed by atoms with Gasteiger partial charge in [-0.05, 0) is 37.6 Å². The van der Waals surface area contributed by atoms with E-state index in [0.29, 0.717) is 0 Å². The van der Waals surface area contributed by atoms with E-state index in [0.717, 1.165) is 16.0 Å². The molecule has 8 heteroatoms. The molecule has 1 aliphatic heterocycles. The van der Waals surface area contributed by atoms with Gasteiger partial charge in [-0.25, -0.2) is 18.0 Å². The molecule has 0 unspecified atom stereocenters. The highest BCUT2D eigenvalue weighted by Gasteiger charge is 2.33. The van der Waals surface area contributed by atoms with Gasteiger partial charge in [-0.1, -0.05) is 29.8 Å². The minimum absolute atomic E-state index is 0.0465. The van der Waals surface area contributed by atoms with E-state index in [1.807, 2.05) is 31.2 Å². The first-order chi connectivity index (χ1) is 13.2. The second kappa shape index (κ2) is 7.73. The average Bonchev–Trinajstić information content (AvgIpc) is 2.99. The van der Waals surface area contributed by atoms with Crippen molar-refractivity contribution in [1.82, 2.24) is 4.72 Å². The highest BCUT2D eigenvalue weighted by atomic mass is 32.2. The van der Waals surface area contributed by atoms with Crippen molar-refractivity contribution < 1.29 is 22.7 Å². The number of hydrogen-bond acceptors (Lipinski definition) is 5. The van der Waals surface area contributed by atoms with Crippen LogP contribution in [0.3, 0.4) is 0 Å². The summed E-state index contributed by atoms with van der Waals surface area (Å²) in [5.41, 5.74) is 2.05. The second-order valence-corrected chi connectivity index (χ2v) is 8.42. The molecule has 1 atom stereocenters. The third-order valence-electron chi connectivity index (χ3n) is 4.66. The van der Waals surface area contributed by atoms with Gasteiger partial charge in [-0.15, -0.1) is 0 Å². The summed E-state index contributed by atoms with van der Waals surface area (Å²) in [6, 6.07) is 11.2. The van der Waals surface area contributed by atoms with Crippen molar-refractivity contribution in [3.05, 3.63) is 53.6 Å². The van der Waals surface area contributed by atoms with Gasteiger partial charge in [0.2, 0.25) is 21.8 Å². The molecule has 1 fully saturated rings. The number of aryl methyl sites for hydroxylation is 1. The number of sulfonamides is 1. The Labute approximate surface area is 164 Å². The number of imide groups is 1. The van der Waals surface area contributed by atoms with Gasteiger partial charge in [0.25, 0.3) is 0 Å². The van der Waals surface area contributed by atoms with E-state index in [9.17, 15) is 18.0 Å². The maximum atomic E-state index is 12.9. The lowest BCUT2D eigenvalue weighted by atomic mass is 10.1. The predicted molar refractivity (Wildman–Crippen MR) is 105 cm³/mol. The lowest BCUT2D eigenvalue weighted by Crippen LogP contribution is -2.30. The fraction of sp³-hybridized carbons (Fsp3) is 0.300. The zero-order valence-corrected chi connectivity index (χ0v) is 16.7. The second-order valence-electron chi connectivity index (χ2n) is 6.71. The summed E-state index contributed by atoms with van der Waals surface area (Å²) in [6.07, 6.45) is 0.198. The van der Waals surface area contributed by atoms with Crippen molar-refractivity contribution in [3.63, 3.8) is 0 Å². The van der Waals surface area contributed by atoms with Crippen molar-refractivity contribution in [2.24, 2.45) is 0 Å². The lowest BCUT2D eigenvalue weighted by Gasteiger charge is -2.19. The summed E-state index contributed by atoms with van der Waals surface area (Å²) in [6.45, 7) is 3.71. The Hall–Kier alpha value is -2.71. The van der Waals surface area contributed by atoms with Gasteiger partial charge in [0.05, 0.1) is 17.7 Å². The van der Waals surface area contributed by atoms with Crippen LogP contribution in [0.2, 0.25) is 0 Å². The first-order valence-corrected chi connectivity index (χ1v) is 10.3. The molecule has 3 rings (SSSR count). The maximum absolute atomic E-state index is 12.9. The maximum Gasteiger partial charge on any atom is 0.241 e. The smallest absolute Gasteiger partial charge is 0.241 e. The van der Waals surface area contributed by atoms with Gasteiger partial charge < -0.3 is 4.74 Å². The van der Waals surface area contributed by atoms with Crippen molar-refractivity contribution in [3.8, 4) is 5.75 Å². The van der Waals surface area contributed by atoms with Crippen LogP contribution in [-0.2, 0) is 19.6 Å². The molecular weight excluding hydrogens is 380 g/mol. The standard InChI is InChI=1S/C20H22N2O5S/c1-13-4-6-15(7-5-13)14(2)21-28(25,26)16-8-9-18(27-3)17(12-16)22-19(23)10-11-20(22)24/h4-9,12,14,21H,10-11H2,1-3H3/t14-/m0/s1. The van der Waals surface area contributed by atoms with E-state index < -0.39 is 16.1 Å². The number of anilines is 1. The Morgan fingerprint density at radius 1 is 1.04 bits per heavy atom. The minimum atomic E-state index is -3.88. The fourth-order valence-electron chi connectivity index (χ4n) is 3.08. The number of methoxy groups -OCH3 is 1. The van der Waals surface area contributed by atoms with Crippen LogP contribution in [-0.4, -0.2) is 27.3 Å². The summed E-state index contributed by atoms with van der Waals surface area (Å²) in [4.78, 5) is 25.1. The van der Waals surface area contributed by atoms with Crippen molar-refractivity contribution in [2.45, 2.75) is 37.6 Å². The molecule has 0 radical (unpaired) electrons. The molecule has 1 N–H and O–H groups in total. The quantitative estimate of drug-likeness (QED) is 0.750. The molecule has 28 heavy (non-hydrogen) atoms. The van der Waals surface area contributed by atoms with Gasteiger partial charge >= 0.3 is 0 Å². The SMILES string of the molecule is COc1ccc(S(=O)(=O)N[C@@H](C)c2ccc(C)cc2)cc1N1C(=O)CCC1=O. The van der Waals surface area contributed by atoms with E-state index in [1.165, 1.54) is 25.3 Å². The van der Waals surface area contributed by atoms with Crippen molar-refractivity contribution in [1.29, 1.82) is 0 Å². The first kappa shape index (κ1) is 20.0. The molecule has 0 spiro atoms. The van der Waals surface area contributed by atoms with E-state index in [1.54, 1.807) is 6.92 Å². The highest BCUT2D eigenvalue weighted by Crippen LogP contribution is 2.34. The monoisotopic (exact) mass is 402 g/mol. The Balaban J connectivity index is 1.93. The molecule has 0 bridgehead atoms. The molecule has 0 saturated carbocycles. The van der Waals surface area contributed by atoms with Crippen molar-refractivity contribution in [2.75, 3.05) is 12.0 Å². The molecule has 2 aromatic rings. The number of carbonyl (C=O) groups is 2. The third-order valence-corrected chi connectivity index (χ3v) is 6.20. The highest BCUT2D eigenvalue weighted by molar-refractivity contribution is 7.89. The molecule has 2 amide bonds. The number of nitrogens with zero attached hydrogens (tertiary/aromatic N) is 1. The zero-order chi connectivity index (χ0) is 20.5. The van der Waals surface area contributed by atoms with E-state index >= 15 is 0 Å². The van der Waals surface area contributed by atoms with Crippen LogP contribution in [0.25, 0.3) is 0 Å². The number of amides is 2. The Bertz CT molecular complexity index is 999. The molecule has 148 valence electrons. The summed E-state index contributed by atoms with van der Waals surface area (Å²) in [7, 11) is -2.49. The average molecular weight is 402 g/mol. The predicted octanol–water partition coefficient (Wildman–Crippen LogP) is 2.70. The van der Waals surface area contributed by atoms with Gasteiger partial charge in [0.1, 0.15) is 5.75 Å². The van der Waals surface area contributed by atoms with E-state index in [2.05, 4.69) is 4.72 Å². The summed E-state index contributed by atoms with van der Waals surface area (Å²) in [5.74, 6) is -0.494. The lowest BCUT2D eigenvalue weighted by molar-refractivity contribution is -0.121. The van der Waals surface area contributed by atoms with Gasteiger partial charge in [0.15, 0.2) is 0 Å². The molecular formula is C20H22N2O5S. The zero-order valence-electron chi connectivity index (χ0n) is 15.9. The topological polar surface area (TPSA) is 92.8 Å². The number of benzene rings is 2. The van der Waals surface area contributed by atoms with Crippen LogP contribution in [0.4, 0.5) is 5.69 Å². The summed E-state index contributed by atoms with van der Waals surface area (Å²) in [5, 5.41) is 0. The molecule has 2 aromatic carbocycles. The fourth-order valence-corrected chi connectivity index (χ4v) is 4.33. The molecule has 1 heterocycles. The number of rotatable bonds is 6. The van der Waals surface area contributed by atoms with Crippen LogP contribution < -0.4 is 14.4 Å². The van der Waals surface area contributed by atoms with Crippen molar-refractivity contribution >= 4 is 27.5 Å². The third kappa shape index (κ3) is 3.93. The van der Waals surface area contributed by atoms with Crippen LogP contribution in [0.15, 0.2) is 47.4 Å². The minimum Gasteiger partial charge on any atom is -0.495 e. The number of carbonyl (C=O) groups excluding carboxylic acids is 2. The molecule has 1 saturated heterocycles. The normalized spacial score (nSPS) is 15.8.